The van der Waals surface area contributed by atoms with E-state index in [4.69, 9.17) is 4.74 Å². The molecule has 130 valence electrons. The van der Waals surface area contributed by atoms with Crippen molar-refractivity contribution >= 4 is 40.0 Å². The number of nitrogens with one attached hydrogen (secondary N) is 1. The van der Waals surface area contributed by atoms with Crippen molar-refractivity contribution in [2.24, 2.45) is 7.05 Å². The number of thioether (sulfide) groups is 1. The number of hydrogen-bond acceptors (Lipinski definition) is 6. The Morgan fingerprint density at radius 2 is 2.17 bits per heavy atom. The summed E-state index contributed by atoms with van der Waals surface area (Å²) >= 11 is 2.78. The first-order valence-corrected chi connectivity index (χ1v) is 9.47. The third-order valence-corrected chi connectivity index (χ3v) is 5.82. The molecule has 24 heavy (non-hydrogen) atoms. The van der Waals surface area contributed by atoms with Crippen LogP contribution in [0.4, 0.5) is 5.00 Å². The Balaban J connectivity index is 2.11. The van der Waals surface area contributed by atoms with Gasteiger partial charge in [0.05, 0.1) is 17.9 Å². The van der Waals surface area contributed by atoms with Gasteiger partial charge in [-0.2, -0.15) is 0 Å². The molecule has 0 radical (unpaired) electrons. The Morgan fingerprint density at radius 1 is 1.42 bits per heavy atom. The molecule has 2 rings (SSSR count). The number of rotatable bonds is 7. The van der Waals surface area contributed by atoms with Gasteiger partial charge in [0.25, 0.3) is 0 Å². The molecule has 1 amide bonds. The highest BCUT2D eigenvalue weighted by molar-refractivity contribution is 7.99. The average molecular weight is 367 g/mol. The van der Waals surface area contributed by atoms with Crippen molar-refractivity contribution in [3.05, 3.63) is 28.4 Å². The van der Waals surface area contributed by atoms with E-state index in [9.17, 15) is 9.59 Å². The third-order valence-electron chi connectivity index (χ3n) is 3.41. The molecule has 2 aromatic rings. The molecule has 8 heteroatoms. The van der Waals surface area contributed by atoms with E-state index in [2.05, 4.69) is 10.3 Å². The van der Waals surface area contributed by atoms with Gasteiger partial charge in [-0.25, -0.2) is 9.78 Å². The van der Waals surface area contributed by atoms with Crippen LogP contribution < -0.4 is 5.32 Å². The third kappa shape index (κ3) is 4.18. The zero-order chi connectivity index (χ0) is 17.7. The first-order chi connectivity index (χ1) is 11.5. The molecule has 0 spiro atoms. The van der Waals surface area contributed by atoms with Gasteiger partial charge in [-0.15, -0.1) is 11.3 Å². The lowest BCUT2D eigenvalue weighted by Gasteiger charge is -2.07. The van der Waals surface area contributed by atoms with E-state index in [1.165, 1.54) is 23.1 Å². The topological polar surface area (TPSA) is 73.2 Å². The van der Waals surface area contributed by atoms with E-state index in [1.807, 2.05) is 31.7 Å². The average Bonchev–Trinajstić information content (AvgIpc) is 3.08. The van der Waals surface area contributed by atoms with Gasteiger partial charge in [-0.3, -0.25) is 4.79 Å². The maximum atomic E-state index is 12.2. The number of hydrogen-bond donors (Lipinski definition) is 1. The second-order valence-corrected chi connectivity index (χ2v) is 7.13. The summed E-state index contributed by atoms with van der Waals surface area (Å²) in [5, 5.41) is 4.18. The summed E-state index contributed by atoms with van der Waals surface area (Å²) in [6.45, 7) is 5.98. The summed E-state index contributed by atoms with van der Waals surface area (Å²) in [4.78, 5) is 29.7. The molecule has 0 aromatic carbocycles. The normalized spacial score (nSPS) is 10.7. The molecule has 0 saturated carbocycles. The number of anilines is 1. The summed E-state index contributed by atoms with van der Waals surface area (Å²) in [6, 6.07) is 0. The highest BCUT2D eigenvalue weighted by Gasteiger charge is 2.23. The number of imidazole rings is 1. The number of thiophene rings is 1. The van der Waals surface area contributed by atoms with Crippen molar-refractivity contribution in [1.29, 1.82) is 0 Å². The number of amides is 1. The minimum Gasteiger partial charge on any atom is -0.462 e. The molecule has 0 aliphatic carbocycles. The van der Waals surface area contributed by atoms with Crippen molar-refractivity contribution in [2.45, 2.75) is 32.3 Å². The molecule has 0 atom stereocenters. The van der Waals surface area contributed by atoms with Crippen LogP contribution in [0.1, 0.15) is 34.6 Å². The zero-order valence-corrected chi connectivity index (χ0v) is 15.8. The SMILES string of the molecule is CCOC(=O)c1c(NC(=O)CSc2nccn2C)sc(CC)c1C. The number of aryl methyl sites for hydroxylation is 2. The fourth-order valence-corrected chi connectivity index (χ4v) is 4.10. The number of esters is 1. The molecule has 0 aliphatic rings. The predicted molar refractivity (Wildman–Crippen MR) is 97.0 cm³/mol. The van der Waals surface area contributed by atoms with Crippen molar-refractivity contribution in [3.8, 4) is 0 Å². The first-order valence-electron chi connectivity index (χ1n) is 7.67. The van der Waals surface area contributed by atoms with Gasteiger partial charge >= 0.3 is 5.97 Å². The Labute approximate surface area is 149 Å². The maximum Gasteiger partial charge on any atom is 0.341 e. The lowest BCUT2D eigenvalue weighted by Crippen LogP contribution is -2.16. The minimum absolute atomic E-state index is 0.169. The van der Waals surface area contributed by atoms with Gasteiger partial charge in [-0.05, 0) is 25.8 Å². The van der Waals surface area contributed by atoms with Crippen LogP contribution >= 0.6 is 23.1 Å². The molecule has 1 N–H and O–H groups in total. The van der Waals surface area contributed by atoms with Gasteiger partial charge in [0.15, 0.2) is 5.16 Å². The van der Waals surface area contributed by atoms with Crippen LogP contribution in [-0.4, -0.2) is 33.8 Å². The molecule has 0 fully saturated rings. The van der Waals surface area contributed by atoms with Crippen molar-refractivity contribution in [3.63, 3.8) is 0 Å². The number of nitrogens with zero attached hydrogens (tertiary/aromatic N) is 2. The van der Waals surface area contributed by atoms with Gasteiger partial charge in [0, 0.05) is 24.3 Å². The van der Waals surface area contributed by atoms with Gasteiger partial charge in [0.2, 0.25) is 5.91 Å². The molecule has 0 aliphatic heterocycles. The number of carbonyl (C=O) groups is 2. The molecule has 0 saturated heterocycles. The Kier molecular flexibility index (Phi) is 6.44. The number of carbonyl (C=O) groups excluding carboxylic acids is 2. The van der Waals surface area contributed by atoms with E-state index in [0.717, 1.165) is 22.0 Å². The van der Waals surface area contributed by atoms with Crippen molar-refractivity contribution in [1.82, 2.24) is 9.55 Å². The quantitative estimate of drug-likeness (QED) is 0.601. The largest absolute Gasteiger partial charge is 0.462 e. The van der Waals surface area contributed by atoms with Gasteiger partial charge in [0.1, 0.15) is 5.00 Å². The standard InChI is InChI=1S/C16H21N3O3S2/c1-5-11-10(3)13(15(21)22-6-2)14(24-11)18-12(20)9-23-16-17-7-8-19(16)4/h7-8H,5-6,9H2,1-4H3,(H,18,20). The molecule has 6 nitrogen and oxygen atoms in total. The van der Waals surface area contributed by atoms with Gasteiger partial charge < -0.3 is 14.6 Å². The van der Waals surface area contributed by atoms with E-state index in [0.29, 0.717) is 17.2 Å². The maximum absolute atomic E-state index is 12.2. The monoisotopic (exact) mass is 367 g/mol. The van der Waals surface area contributed by atoms with Gasteiger partial charge in [-0.1, -0.05) is 18.7 Å². The summed E-state index contributed by atoms with van der Waals surface area (Å²) in [6.07, 6.45) is 4.32. The molecule has 0 unspecified atom stereocenters. The van der Waals surface area contributed by atoms with Crippen molar-refractivity contribution in [2.75, 3.05) is 17.7 Å². The van der Waals surface area contributed by atoms with Crippen LogP contribution in [0.15, 0.2) is 17.6 Å². The molecule has 0 bridgehead atoms. The minimum atomic E-state index is -0.391. The highest BCUT2D eigenvalue weighted by atomic mass is 32.2. The summed E-state index contributed by atoms with van der Waals surface area (Å²) < 4.78 is 6.97. The fourth-order valence-electron chi connectivity index (χ4n) is 2.22. The van der Waals surface area contributed by atoms with Crippen LogP contribution in [0.5, 0.6) is 0 Å². The smallest absolute Gasteiger partial charge is 0.341 e. The molecular weight excluding hydrogens is 346 g/mol. The summed E-state index contributed by atoms with van der Waals surface area (Å²) in [5.74, 6) is -0.332. The Hall–Kier alpha value is -1.80. The van der Waals surface area contributed by atoms with E-state index in [-0.39, 0.29) is 11.7 Å². The number of aromatic nitrogens is 2. The molecule has 2 heterocycles. The van der Waals surface area contributed by atoms with E-state index in [1.54, 1.807) is 13.1 Å². The summed E-state index contributed by atoms with van der Waals surface area (Å²) in [7, 11) is 1.88. The summed E-state index contributed by atoms with van der Waals surface area (Å²) in [5.41, 5.74) is 1.35. The van der Waals surface area contributed by atoms with Crippen molar-refractivity contribution < 1.29 is 14.3 Å². The van der Waals surface area contributed by atoms with E-state index >= 15 is 0 Å². The lowest BCUT2D eigenvalue weighted by atomic mass is 10.1. The predicted octanol–water partition coefficient (Wildman–Crippen LogP) is 3.26. The second-order valence-electron chi connectivity index (χ2n) is 5.09. The van der Waals surface area contributed by atoms with Crippen LogP contribution in [0.25, 0.3) is 0 Å². The van der Waals surface area contributed by atoms with Crippen LogP contribution in [0.2, 0.25) is 0 Å². The second kappa shape index (κ2) is 8.34. The molecule has 2 aromatic heterocycles. The Bertz CT molecular complexity index is 737. The van der Waals surface area contributed by atoms with E-state index < -0.39 is 5.97 Å². The van der Waals surface area contributed by atoms with Crippen LogP contribution in [0.3, 0.4) is 0 Å². The Morgan fingerprint density at radius 3 is 2.75 bits per heavy atom. The van der Waals surface area contributed by atoms with Crippen LogP contribution in [0, 0.1) is 6.92 Å². The lowest BCUT2D eigenvalue weighted by molar-refractivity contribution is -0.113. The molecular formula is C16H21N3O3S2. The first kappa shape index (κ1) is 18.5. The number of ether oxygens (including phenoxy) is 1. The van der Waals surface area contributed by atoms with Crippen LogP contribution in [-0.2, 0) is 23.0 Å². The zero-order valence-electron chi connectivity index (χ0n) is 14.2. The highest BCUT2D eigenvalue weighted by Crippen LogP contribution is 2.34. The fraction of sp³-hybridized carbons (Fsp3) is 0.438.